The van der Waals surface area contributed by atoms with Crippen LogP contribution in [0.25, 0.3) is 0 Å². The normalized spacial score (nSPS) is 13.3. The first-order valence-corrected chi connectivity index (χ1v) is 6.29. The third-order valence-corrected chi connectivity index (χ3v) is 2.98. The van der Waals surface area contributed by atoms with Crippen LogP contribution in [0.4, 0.5) is 8.78 Å². The van der Waals surface area contributed by atoms with Crippen molar-refractivity contribution in [1.29, 1.82) is 0 Å². The van der Waals surface area contributed by atoms with E-state index >= 15 is 0 Å². The number of halogens is 2. The topological polar surface area (TPSA) is 29.3 Å². The van der Waals surface area contributed by atoms with Gasteiger partial charge in [-0.3, -0.25) is 0 Å². The van der Waals surface area contributed by atoms with Gasteiger partial charge < -0.3 is 10.6 Å². The Labute approximate surface area is 108 Å². The van der Waals surface area contributed by atoms with Gasteiger partial charge in [0.15, 0.2) is 11.6 Å². The van der Waals surface area contributed by atoms with Crippen LogP contribution in [0.1, 0.15) is 31.9 Å². The van der Waals surface area contributed by atoms with Crippen LogP contribution in [0.3, 0.4) is 0 Å². The van der Waals surface area contributed by atoms with E-state index in [9.17, 15) is 8.78 Å². The molecule has 18 heavy (non-hydrogen) atoms. The number of hydrogen-bond donors (Lipinski definition) is 1. The van der Waals surface area contributed by atoms with E-state index < -0.39 is 17.7 Å². The zero-order chi connectivity index (χ0) is 13.7. The van der Waals surface area contributed by atoms with Crippen LogP contribution in [0.15, 0.2) is 18.2 Å². The summed E-state index contributed by atoms with van der Waals surface area (Å²) in [6.07, 6.45) is 1.06. The number of hydrogen-bond acceptors (Lipinski definition) is 2. The highest BCUT2D eigenvalue weighted by Gasteiger charge is 2.16. The molecule has 0 aliphatic carbocycles. The van der Waals surface area contributed by atoms with Gasteiger partial charge in [-0.25, -0.2) is 8.78 Å². The summed E-state index contributed by atoms with van der Waals surface area (Å²) >= 11 is 0. The van der Waals surface area contributed by atoms with Gasteiger partial charge in [0.05, 0.1) is 0 Å². The Morgan fingerprint density at radius 1 is 1.28 bits per heavy atom. The fourth-order valence-electron chi connectivity index (χ4n) is 1.81. The van der Waals surface area contributed by atoms with Crippen molar-refractivity contribution in [2.45, 2.75) is 26.3 Å². The van der Waals surface area contributed by atoms with Gasteiger partial charge in [0.2, 0.25) is 0 Å². The maximum Gasteiger partial charge on any atom is 0.163 e. The molecular formula is C14H22F2N2. The number of nitrogens with two attached hydrogens (primary N) is 1. The van der Waals surface area contributed by atoms with E-state index in [2.05, 4.69) is 18.7 Å². The Balaban J connectivity index is 2.59. The minimum absolute atomic E-state index is 0.242. The highest BCUT2D eigenvalue weighted by Crippen LogP contribution is 2.18. The summed E-state index contributed by atoms with van der Waals surface area (Å²) in [4.78, 5) is 2.05. The summed E-state index contributed by atoms with van der Waals surface area (Å²) in [7, 11) is 1.94. The molecule has 4 heteroatoms. The molecule has 2 nitrogen and oxygen atoms in total. The Morgan fingerprint density at radius 2 is 1.94 bits per heavy atom. The lowest BCUT2D eigenvalue weighted by atomic mass is 10.1. The molecule has 1 aromatic carbocycles. The summed E-state index contributed by atoms with van der Waals surface area (Å²) in [6.45, 7) is 5.73. The van der Waals surface area contributed by atoms with E-state index in [-0.39, 0.29) is 5.56 Å². The van der Waals surface area contributed by atoms with E-state index in [4.69, 9.17) is 5.73 Å². The van der Waals surface area contributed by atoms with Gasteiger partial charge in [-0.2, -0.15) is 0 Å². The molecule has 102 valence electrons. The second kappa shape index (κ2) is 6.81. The second-order valence-corrected chi connectivity index (χ2v) is 5.19. The Bertz CT molecular complexity index is 380. The average molecular weight is 256 g/mol. The second-order valence-electron chi connectivity index (χ2n) is 5.19. The summed E-state index contributed by atoms with van der Waals surface area (Å²) in [5.74, 6) is -1.05. The van der Waals surface area contributed by atoms with Crippen molar-refractivity contribution in [2.75, 3.05) is 20.1 Å². The van der Waals surface area contributed by atoms with Crippen LogP contribution >= 0.6 is 0 Å². The molecule has 0 radical (unpaired) electrons. The van der Waals surface area contributed by atoms with E-state index in [0.29, 0.717) is 12.5 Å². The molecule has 0 spiro atoms. The minimum Gasteiger partial charge on any atom is -0.323 e. The van der Waals surface area contributed by atoms with Gasteiger partial charge >= 0.3 is 0 Å². The van der Waals surface area contributed by atoms with E-state index in [1.54, 1.807) is 6.07 Å². The van der Waals surface area contributed by atoms with Crippen molar-refractivity contribution in [1.82, 2.24) is 4.90 Å². The molecule has 0 bridgehead atoms. The lowest BCUT2D eigenvalue weighted by molar-refractivity contribution is 0.290. The molecular weight excluding hydrogens is 234 g/mol. The van der Waals surface area contributed by atoms with Crippen LogP contribution in [0.5, 0.6) is 0 Å². The van der Waals surface area contributed by atoms with Crippen molar-refractivity contribution >= 4 is 0 Å². The van der Waals surface area contributed by atoms with Crippen molar-refractivity contribution in [3.63, 3.8) is 0 Å². The van der Waals surface area contributed by atoms with Gasteiger partial charge in [-0.1, -0.05) is 26.0 Å². The molecule has 0 saturated heterocycles. The molecule has 1 aromatic rings. The van der Waals surface area contributed by atoms with Crippen LogP contribution in [-0.2, 0) is 0 Å². The average Bonchev–Trinajstić information content (AvgIpc) is 2.30. The van der Waals surface area contributed by atoms with Gasteiger partial charge in [0.25, 0.3) is 0 Å². The Morgan fingerprint density at radius 3 is 2.56 bits per heavy atom. The first-order valence-electron chi connectivity index (χ1n) is 6.29. The molecule has 2 N–H and O–H groups in total. The van der Waals surface area contributed by atoms with Gasteiger partial charge in [0, 0.05) is 18.2 Å². The smallest absolute Gasteiger partial charge is 0.163 e. The summed E-state index contributed by atoms with van der Waals surface area (Å²) in [5, 5.41) is 0. The van der Waals surface area contributed by atoms with Crippen molar-refractivity contribution in [2.24, 2.45) is 11.7 Å². The number of benzene rings is 1. The van der Waals surface area contributed by atoms with Crippen LogP contribution in [-0.4, -0.2) is 25.0 Å². The largest absolute Gasteiger partial charge is 0.323 e. The molecule has 0 fully saturated rings. The van der Waals surface area contributed by atoms with Crippen LogP contribution < -0.4 is 5.73 Å². The van der Waals surface area contributed by atoms with Gasteiger partial charge in [-0.15, -0.1) is 0 Å². The predicted molar refractivity (Wildman–Crippen MR) is 70.2 cm³/mol. The summed E-state index contributed by atoms with van der Waals surface area (Å²) in [5.41, 5.74) is 6.17. The van der Waals surface area contributed by atoms with Gasteiger partial charge in [-0.05, 0) is 32.0 Å². The lowest BCUT2D eigenvalue weighted by Gasteiger charge is -2.22. The monoisotopic (exact) mass is 256 g/mol. The lowest BCUT2D eigenvalue weighted by Crippen LogP contribution is -2.31. The Kier molecular flexibility index (Phi) is 5.69. The predicted octanol–water partition coefficient (Wildman–Crippen LogP) is 2.94. The highest BCUT2D eigenvalue weighted by atomic mass is 19.2. The highest BCUT2D eigenvalue weighted by molar-refractivity contribution is 5.22. The number of likely N-dealkylation sites (N-methyl/N-ethyl adjacent to an activating group) is 1. The van der Waals surface area contributed by atoms with Crippen molar-refractivity contribution in [3.8, 4) is 0 Å². The quantitative estimate of drug-likeness (QED) is 0.848. The zero-order valence-corrected chi connectivity index (χ0v) is 11.3. The third kappa shape index (κ3) is 4.35. The standard InChI is InChI=1S/C14H22F2N2/c1-10(2)7-8-18(3)9-13(17)11-5-4-6-12(15)14(11)16/h4-6,10,13H,7-9,17H2,1-3H3. The van der Waals surface area contributed by atoms with E-state index in [1.165, 1.54) is 6.07 Å². The maximum absolute atomic E-state index is 13.5. The maximum atomic E-state index is 13.5. The molecule has 0 heterocycles. The van der Waals surface area contributed by atoms with Crippen LogP contribution in [0.2, 0.25) is 0 Å². The number of nitrogens with zero attached hydrogens (tertiary/aromatic N) is 1. The molecule has 1 atom stereocenters. The zero-order valence-electron chi connectivity index (χ0n) is 11.3. The van der Waals surface area contributed by atoms with Crippen LogP contribution in [0, 0.1) is 17.6 Å². The number of rotatable bonds is 6. The SMILES string of the molecule is CC(C)CCN(C)CC(N)c1cccc(F)c1F. The van der Waals surface area contributed by atoms with Crippen molar-refractivity contribution < 1.29 is 8.78 Å². The van der Waals surface area contributed by atoms with Crippen molar-refractivity contribution in [3.05, 3.63) is 35.4 Å². The fourth-order valence-corrected chi connectivity index (χ4v) is 1.81. The molecule has 1 unspecified atom stereocenters. The summed E-state index contributed by atoms with van der Waals surface area (Å²) in [6, 6.07) is 3.63. The third-order valence-electron chi connectivity index (χ3n) is 2.98. The first kappa shape index (κ1) is 15.1. The first-order chi connectivity index (χ1) is 8.41. The molecule has 0 aromatic heterocycles. The molecule has 0 aliphatic rings. The van der Waals surface area contributed by atoms with E-state index in [1.807, 2.05) is 7.05 Å². The van der Waals surface area contributed by atoms with Gasteiger partial charge in [0.1, 0.15) is 0 Å². The molecule has 0 amide bonds. The molecule has 1 rings (SSSR count). The fraction of sp³-hybridized carbons (Fsp3) is 0.571. The minimum atomic E-state index is -0.840. The van der Waals surface area contributed by atoms with E-state index in [0.717, 1.165) is 19.0 Å². The molecule has 0 aliphatic heterocycles. The molecule has 0 saturated carbocycles. The Hall–Kier alpha value is -1.00. The summed E-state index contributed by atoms with van der Waals surface area (Å²) < 4.78 is 26.6.